The van der Waals surface area contributed by atoms with E-state index in [0.717, 1.165) is 9.92 Å². The van der Waals surface area contributed by atoms with Crippen LogP contribution in [0.2, 0.25) is 0 Å². The fourth-order valence-corrected chi connectivity index (χ4v) is 2.16. The number of hydrogen-bond acceptors (Lipinski definition) is 5. The fourth-order valence-electron chi connectivity index (χ4n) is 1.41. The lowest BCUT2D eigenvalue weighted by Gasteiger charge is -2.01. The zero-order valence-corrected chi connectivity index (χ0v) is 10.9. The van der Waals surface area contributed by atoms with Crippen LogP contribution >= 0.6 is 11.8 Å². The number of pyridine rings is 1. The van der Waals surface area contributed by atoms with Crippen LogP contribution in [0, 0.1) is 10.1 Å². The molecule has 0 spiro atoms. The molecule has 0 aliphatic carbocycles. The molecule has 0 saturated carbocycles. The summed E-state index contributed by atoms with van der Waals surface area (Å²) in [5, 5.41) is 11.3. The molecule has 0 bridgehead atoms. The second-order valence-electron chi connectivity index (χ2n) is 3.79. The van der Waals surface area contributed by atoms with Crippen molar-refractivity contribution in [1.29, 1.82) is 0 Å². The highest BCUT2D eigenvalue weighted by molar-refractivity contribution is 7.99. The van der Waals surface area contributed by atoms with Gasteiger partial charge in [0, 0.05) is 28.8 Å². The van der Waals surface area contributed by atoms with Crippen LogP contribution in [0.25, 0.3) is 0 Å². The summed E-state index contributed by atoms with van der Waals surface area (Å²) in [5.74, 6) is -0.0283. The first-order valence-corrected chi connectivity index (χ1v) is 6.27. The minimum atomic E-state index is -0.436. The van der Waals surface area contributed by atoms with Crippen molar-refractivity contribution in [3.63, 3.8) is 0 Å². The van der Waals surface area contributed by atoms with Gasteiger partial charge in [-0.3, -0.25) is 14.9 Å². The summed E-state index contributed by atoms with van der Waals surface area (Å²) in [4.78, 5) is 26.2. The molecule has 0 amide bonds. The van der Waals surface area contributed by atoms with Crippen molar-refractivity contribution in [2.24, 2.45) is 0 Å². The second kappa shape index (κ2) is 5.62. The number of benzene rings is 1. The van der Waals surface area contributed by atoms with Gasteiger partial charge in [0.1, 0.15) is 5.03 Å². The number of ketones is 1. The molecule has 6 heteroatoms. The van der Waals surface area contributed by atoms with Crippen LogP contribution in [0.5, 0.6) is 0 Å². The van der Waals surface area contributed by atoms with Crippen molar-refractivity contribution < 1.29 is 9.72 Å². The summed E-state index contributed by atoms with van der Waals surface area (Å²) >= 11 is 1.38. The van der Waals surface area contributed by atoms with Gasteiger partial charge in [-0.25, -0.2) is 4.98 Å². The highest BCUT2D eigenvalue weighted by Gasteiger charge is 2.06. The Morgan fingerprint density at radius 2 is 1.89 bits per heavy atom. The molecule has 0 aliphatic rings. The number of nitro groups is 1. The van der Waals surface area contributed by atoms with Crippen molar-refractivity contribution in [3.05, 3.63) is 58.3 Å². The molecular formula is C13H10N2O3S. The van der Waals surface area contributed by atoms with Crippen LogP contribution in [-0.4, -0.2) is 15.7 Å². The minimum Gasteiger partial charge on any atom is -0.294 e. The summed E-state index contributed by atoms with van der Waals surface area (Å²) in [6.45, 7) is 1.49. The van der Waals surface area contributed by atoms with E-state index in [-0.39, 0.29) is 11.5 Å². The number of nitrogens with zero attached hydrogens (tertiary/aromatic N) is 2. The number of Topliss-reactive ketones (excluding diaryl/α,β-unsaturated/α-hetero) is 1. The standard InChI is InChI=1S/C13H10N2O3S/c1-9(16)10-2-7-13(14-8-10)19-12-5-3-11(4-6-12)15(17)18/h2-8H,1H3. The molecule has 0 radical (unpaired) electrons. The average molecular weight is 274 g/mol. The van der Waals surface area contributed by atoms with Gasteiger partial charge in [-0.05, 0) is 31.2 Å². The summed E-state index contributed by atoms with van der Waals surface area (Å²) in [5.41, 5.74) is 0.622. The van der Waals surface area contributed by atoms with Gasteiger partial charge < -0.3 is 0 Å². The van der Waals surface area contributed by atoms with Gasteiger partial charge in [-0.1, -0.05) is 11.8 Å². The summed E-state index contributed by atoms with van der Waals surface area (Å²) in [7, 11) is 0. The van der Waals surface area contributed by atoms with E-state index >= 15 is 0 Å². The fraction of sp³-hybridized carbons (Fsp3) is 0.0769. The highest BCUT2D eigenvalue weighted by atomic mass is 32.2. The van der Waals surface area contributed by atoms with E-state index in [9.17, 15) is 14.9 Å². The Hall–Kier alpha value is -2.21. The lowest BCUT2D eigenvalue weighted by Crippen LogP contribution is -1.92. The summed E-state index contributed by atoms with van der Waals surface area (Å²) in [6, 6.07) is 9.71. The second-order valence-corrected chi connectivity index (χ2v) is 4.89. The van der Waals surface area contributed by atoms with E-state index in [2.05, 4.69) is 4.98 Å². The molecule has 2 aromatic rings. The van der Waals surface area contributed by atoms with Gasteiger partial charge in [-0.2, -0.15) is 0 Å². The SMILES string of the molecule is CC(=O)c1ccc(Sc2ccc([N+](=O)[O-])cc2)nc1. The summed E-state index contributed by atoms with van der Waals surface area (Å²) < 4.78 is 0. The Balaban J connectivity index is 2.12. The summed E-state index contributed by atoms with van der Waals surface area (Å²) in [6.07, 6.45) is 1.52. The quantitative estimate of drug-likeness (QED) is 0.485. The lowest BCUT2D eigenvalue weighted by molar-refractivity contribution is -0.384. The maximum absolute atomic E-state index is 11.1. The maximum atomic E-state index is 11.1. The predicted octanol–water partition coefficient (Wildman–Crippen LogP) is 3.34. The molecule has 5 nitrogen and oxygen atoms in total. The van der Waals surface area contributed by atoms with Crippen LogP contribution in [0.4, 0.5) is 5.69 Å². The molecule has 1 heterocycles. The Kier molecular flexibility index (Phi) is 3.91. The molecule has 0 unspecified atom stereocenters. The third-order valence-electron chi connectivity index (χ3n) is 2.41. The van der Waals surface area contributed by atoms with E-state index in [1.54, 1.807) is 24.3 Å². The normalized spacial score (nSPS) is 10.2. The van der Waals surface area contributed by atoms with Gasteiger partial charge in [0.25, 0.3) is 5.69 Å². The number of aromatic nitrogens is 1. The molecule has 2 rings (SSSR count). The van der Waals surface area contributed by atoms with Crippen molar-refractivity contribution >= 4 is 23.2 Å². The van der Waals surface area contributed by atoms with Crippen LogP contribution < -0.4 is 0 Å². The molecule has 1 aromatic carbocycles. The van der Waals surface area contributed by atoms with Crippen molar-refractivity contribution in [2.45, 2.75) is 16.8 Å². The first-order chi connectivity index (χ1) is 9.06. The lowest BCUT2D eigenvalue weighted by atomic mass is 10.2. The van der Waals surface area contributed by atoms with Crippen LogP contribution in [-0.2, 0) is 0 Å². The van der Waals surface area contributed by atoms with Crippen molar-refractivity contribution in [2.75, 3.05) is 0 Å². The minimum absolute atomic E-state index is 0.0283. The monoisotopic (exact) mass is 274 g/mol. The Labute approximate surface area is 113 Å². The van der Waals surface area contributed by atoms with Crippen LogP contribution in [0.3, 0.4) is 0 Å². The van der Waals surface area contributed by atoms with E-state index in [4.69, 9.17) is 0 Å². The van der Waals surface area contributed by atoms with Gasteiger partial charge >= 0.3 is 0 Å². The Morgan fingerprint density at radius 3 is 2.37 bits per heavy atom. The molecule has 96 valence electrons. The maximum Gasteiger partial charge on any atom is 0.269 e. The first kappa shape index (κ1) is 13.2. The highest BCUT2D eigenvalue weighted by Crippen LogP contribution is 2.27. The third-order valence-corrected chi connectivity index (χ3v) is 3.37. The topological polar surface area (TPSA) is 73.1 Å². The average Bonchev–Trinajstić information content (AvgIpc) is 2.40. The molecule has 19 heavy (non-hydrogen) atoms. The van der Waals surface area contributed by atoms with Crippen LogP contribution in [0.1, 0.15) is 17.3 Å². The zero-order chi connectivity index (χ0) is 13.8. The third kappa shape index (κ3) is 3.38. The Bertz CT molecular complexity index is 553. The van der Waals surface area contributed by atoms with E-state index in [1.807, 2.05) is 0 Å². The van der Waals surface area contributed by atoms with Crippen molar-refractivity contribution in [3.8, 4) is 0 Å². The number of non-ortho nitro benzene ring substituents is 1. The molecule has 0 aliphatic heterocycles. The van der Waals surface area contributed by atoms with E-state index in [1.165, 1.54) is 37.0 Å². The largest absolute Gasteiger partial charge is 0.294 e. The van der Waals surface area contributed by atoms with E-state index in [0.29, 0.717) is 5.56 Å². The number of hydrogen-bond donors (Lipinski definition) is 0. The molecule has 1 aromatic heterocycles. The Morgan fingerprint density at radius 1 is 1.21 bits per heavy atom. The van der Waals surface area contributed by atoms with E-state index < -0.39 is 4.92 Å². The van der Waals surface area contributed by atoms with Gasteiger partial charge in [0.15, 0.2) is 5.78 Å². The molecule has 0 N–H and O–H groups in total. The van der Waals surface area contributed by atoms with Gasteiger partial charge in [0.2, 0.25) is 0 Å². The molecule has 0 atom stereocenters. The number of carbonyl (C=O) groups is 1. The number of nitro benzene ring substituents is 1. The first-order valence-electron chi connectivity index (χ1n) is 5.45. The van der Waals surface area contributed by atoms with Gasteiger partial charge in [-0.15, -0.1) is 0 Å². The predicted molar refractivity (Wildman–Crippen MR) is 71.5 cm³/mol. The van der Waals surface area contributed by atoms with Crippen LogP contribution in [0.15, 0.2) is 52.5 Å². The molecular weight excluding hydrogens is 264 g/mol. The van der Waals surface area contributed by atoms with Gasteiger partial charge in [0.05, 0.1) is 4.92 Å². The number of carbonyl (C=O) groups excluding carboxylic acids is 1. The molecule has 0 fully saturated rings. The molecule has 0 saturated heterocycles. The number of rotatable bonds is 4. The zero-order valence-electron chi connectivity index (χ0n) is 10.1. The smallest absolute Gasteiger partial charge is 0.269 e. The van der Waals surface area contributed by atoms with Crippen molar-refractivity contribution in [1.82, 2.24) is 4.98 Å².